The van der Waals surface area contributed by atoms with Gasteiger partial charge < -0.3 is 20.5 Å². The lowest BCUT2D eigenvalue weighted by molar-refractivity contribution is -0.389. The van der Waals surface area contributed by atoms with Gasteiger partial charge in [0.2, 0.25) is 5.82 Å². The second kappa shape index (κ2) is 5.87. The molecule has 20 heavy (non-hydrogen) atoms. The molecular formula is C11H14N4O4S. The van der Waals surface area contributed by atoms with Gasteiger partial charge >= 0.3 is 11.8 Å². The van der Waals surface area contributed by atoms with Gasteiger partial charge in [-0.05, 0) is 17.8 Å². The van der Waals surface area contributed by atoms with Gasteiger partial charge in [-0.1, -0.05) is 18.3 Å². The molecule has 1 unspecified atom stereocenters. The lowest BCUT2D eigenvalue weighted by Gasteiger charge is -2.06. The van der Waals surface area contributed by atoms with Crippen LogP contribution in [0.1, 0.15) is 19.8 Å². The number of aromatic nitrogens is 2. The summed E-state index contributed by atoms with van der Waals surface area (Å²) < 4.78 is 1.42. The number of anilines is 1. The Morgan fingerprint density at radius 3 is 3.10 bits per heavy atom. The van der Waals surface area contributed by atoms with E-state index < -0.39 is 16.8 Å². The molecule has 9 heteroatoms. The van der Waals surface area contributed by atoms with Crippen molar-refractivity contribution >= 4 is 33.9 Å². The number of carboxylic acids is 1. The van der Waals surface area contributed by atoms with Crippen molar-refractivity contribution in [2.75, 3.05) is 11.9 Å². The number of fused-ring (bicyclic) bond motifs is 1. The smallest absolute Gasteiger partial charge is 0.372 e. The normalized spacial score (nSPS) is 12.4. The molecule has 0 aromatic carbocycles. The second-order valence-corrected chi connectivity index (χ2v) is 5.28. The zero-order valence-corrected chi connectivity index (χ0v) is 11.6. The lowest BCUT2D eigenvalue weighted by atomic mass is 10.1. The first-order valence-electron chi connectivity index (χ1n) is 6.07. The summed E-state index contributed by atoms with van der Waals surface area (Å²) in [5, 5.41) is 24.4. The molecule has 0 radical (unpaired) electrons. The first-order valence-corrected chi connectivity index (χ1v) is 6.95. The maximum atomic E-state index is 11.1. The molecule has 2 rings (SSSR count). The van der Waals surface area contributed by atoms with Crippen molar-refractivity contribution in [2.45, 2.75) is 19.8 Å². The van der Waals surface area contributed by atoms with E-state index in [-0.39, 0.29) is 11.6 Å². The molecule has 0 fully saturated rings. The molecule has 2 heterocycles. The highest BCUT2D eigenvalue weighted by Crippen LogP contribution is 2.27. The highest BCUT2D eigenvalue weighted by Gasteiger charge is 2.23. The zero-order valence-electron chi connectivity index (χ0n) is 10.8. The van der Waals surface area contributed by atoms with Crippen LogP contribution in [0.5, 0.6) is 0 Å². The predicted molar refractivity (Wildman–Crippen MR) is 74.2 cm³/mol. The quantitative estimate of drug-likeness (QED) is 0.460. The van der Waals surface area contributed by atoms with Crippen molar-refractivity contribution in [3.63, 3.8) is 0 Å². The molecule has 108 valence electrons. The van der Waals surface area contributed by atoms with Gasteiger partial charge in [0.25, 0.3) is 4.96 Å². The van der Waals surface area contributed by atoms with Gasteiger partial charge in [-0.15, -0.1) is 0 Å². The molecule has 2 aromatic rings. The molecule has 8 nitrogen and oxygen atoms in total. The maximum absolute atomic E-state index is 11.1. The molecule has 0 saturated carbocycles. The fraction of sp³-hybridized carbons (Fsp3) is 0.455. The van der Waals surface area contributed by atoms with Crippen LogP contribution in [0.4, 0.5) is 11.6 Å². The molecule has 0 aliphatic carbocycles. The topological polar surface area (TPSA) is 110 Å². The van der Waals surface area contributed by atoms with Crippen molar-refractivity contribution in [2.24, 2.45) is 5.92 Å². The van der Waals surface area contributed by atoms with Crippen molar-refractivity contribution in [1.29, 1.82) is 0 Å². The molecule has 2 aromatic heterocycles. The summed E-state index contributed by atoms with van der Waals surface area (Å²) in [5.41, 5.74) is 0. The first kappa shape index (κ1) is 14.3. The summed E-state index contributed by atoms with van der Waals surface area (Å²) in [5.74, 6) is -1.12. The van der Waals surface area contributed by atoms with Crippen LogP contribution in [0.15, 0.2) is 11.6 Å². The van der Waals surface area contributed by atoms with Crippen molar-refractivity contribution in [3.8, 4) is 0 Å². The van der Waals surface area contributed by atoms with Gasteiger partial charge in [0.15, 0.2) is 0 Å². The highest BCUT2D eigenvalue weighted by atomic mass is 32.1. The number of nitrogens with zero attached hydrogens (tertiary/aromatic N) is 3. The van der Waals surface area contributed by atoms with Crippen LogP contribution in [0.3, 0.4) is 0 Å². The summed E-state index contributed by atoms with van der Waals surface area (Å²) in [4.78, 5) is 26.0. The lowest BCUT2D eigenvalue weighted by Crippen LogP contribution is -2.12. The van der Waals surface area contributed by atoms with E-state index in [0.29, 0.717) is 24.3 Å². The average molecular weight is 298 g/mol. The van der Waals surface area contributed by atoms with Gasteiger partial charge in [-0.25, -0.2) is 0 Å². The minimum absolute atomic E-state index is 0.0902. The van der Waals surface area contributed by atoms with E-state index in [1.807, 2.05) is 0 Å². The third kappa shape index (κ3) is 2.87. The maximum Gasteiger partial charge on any atom is 0.372 e. The Morgan fingerprint density at radius 1 is 1.70 bits per heavy atom. The summed E-state index contributed by atoms with van der Waals surface area (Å²) in [7, 11) is 0. The van der Waals surface area contributed by atoms with Crippen LogP contribution in [0.25, 0.3) is 4.96 Å². The highest BCUT2D eigenvalue weighted by molar-refractivity contribution is 7.15. The van der Waals surface area contributed by atoms with Gasteiger partial charge in [0, 0.05) is 11.9 Å². The van der Waals surface area contributed by atoms with Crippen LogP contribution in [-0.2, 0) is 4.79 Å². The van der Waals surface area contributed by atoms with Crippen molar-refractivity contribution in [3.05, 3.63) is 21.7 Å². The zero-order chi connectivity index (χ0) is 14.7. The number of rotatable bonds is 7. The summed E-state index contributed by atoms with van der Waals surface area (Å²) in [6.07, 6.45) is 2.72. The van der Waals surface area contributed by atoms with Crippen LogP contribution in [0, 0.1) is 16.0 Å². The Morgan fingerprint density at radius 2 is 2.45 bits per heavy atom. The largest absolute Gasteiger partial charge is 0.481 e. The van der Waals surface area contributed by atoms with Crippen LogP contribution in [0.2, 0.25) is 0 Å². The van der Waals surface area contributed by atoms with E-state index in [4.69, 9.17) is 5.11 Å². The number of carbonyl (C=O) groups is 1. The number of aliphatic carboxylic acids is 1. The Bertz CT molecular complexity index is 635. The van der Waals surface area contributed by atoms with Gasteiger partial charge in [-0.2, -0.15) is 9.38 Å². The van der Waals surface area contributed by atoms with E-state index in [0.717, 1.165) is 0 Å². The molecule has 0 aliphatic heterocycles. The molecule has 2 N–H and O–H groups in total. The summed E-state index contributed by atoms with van der Waals surface area (Å²) >= 11 is 1.32. The van der Waals surface area contributed by atoms with Gasteiger partial charge in [0.05, 0.1) is 5.92 Å². The number of imidazole rings is 1. The number of carboxylic acid groups (broad SMARTS) is 1. The number of thiazole rings is 1. The molecule has 0 bridgehead atoms. The summed E-state index contributed by atoms with van der Waals surface area (Å²) in [6, 6.07) is 0. The monoisotopic (exact) mass is 298 g/mol. The molecule has 0 aliphatic rings. The molecule has 0 amide bonds. The molecule has 0 spiro atoms. The molecule has 1 atom stereocenters. The Balaban J connectivity index is 1.99. The van der Waals surface area contributed by atoms with Crippen molar-refractivity contribution in [1.82, 2.24) is 9.38 Å². The minimum atomic E-state index is -0.835. The fourth-order valence-corrected chi connectivity index (χ4v) is 2.51. The van der Waals surface area contributed by atoms with E-state index >= 15 is 0 Å². The SMILES string of the molecule is CC(CCCNc1nc2sccn2c1[N+](=O)[O-])C(=O)O. The van der Waals surface area contributed by atoms with Crippen molar-refractivity contribution < 1.29 is 14.8 Å². The number of hydrogen-bond acceptors (Lipinski definition) is 6. The summed E-state index contributed by atoms with van der Waals surface area (Å²) in [6.45, 7) is 2.08. The molecular weight excluding hydrogens is 284 g/mol. The van der Waals surface area contributed by atoms with Crippen LogP contribution < -0.4 is 5.32 Å². The van der Waals surface area contributed by atoms with Crippen LogP contribution in [-0.4, -0.2) is 31.9 Å². The van der Waals surface area contributed by atoms with Gasteiger partial charge in [-0.3, -0.25) is 4.79 Å². The fourth-order valence-electron chi connectivity index (χ4n) is 1.81. The predicted octanol–water partition coefficient (Wildman–Crippen LogP) is 2.22. The second-order valence-electron chi connectivity index (χ2n) is 4.40. The number of nitro groups is 1. The minimum Gasteiger partial charge on any atom is -0.481 e. The van der Waals surface area contributed by atoms with E-state index in [1.165, 1.54) is 15.7 Å². The van der Waals surface area contributed by atoms with Gasteiger partial charge in [0.1, 0.15) is 6.20 Å². The van der Waals surface area contributed by atoms with E-state index in [9.17, 15) is 14.9 Å². The first-order chi connectivity index (χ1) is 9.50. The average Bonchev–Trinajstić information content (AvgIpc) is 2.93. The number of hydrogen-bond donors (Lipinski definition) is 2. The standard InChI is InChI=1S/C11H14N4O4S/c1-7(10(16)17)3-2-4-12-8-9(15(18)19)14-5-6-20-11(14)13-8/h5-7,12H,2-4H2,1H3,(H,16,17). The molecule has 0 saturated heterocycles. The Kier molecular flexibility index (Phi) is 4.18. The Hall–Kier alpha value is -2.16. The number of nitrogens with one attached hydrogen (secondary N) is 1. The van der Waals surface area contributed by atoms with E-state index in [1.54, 1.807) is 18.5 Å². The Labute approximate surface area is 118 Å². The van der Waals surface area contributed by atoms with E-state index in [2.05, 4.69) is 10.3 Å². The third-order valence-electron chi connectivity index (χ3n) is 2.94. The van der Waals surface area contributed by atoms with Crippen LogP contribution >= 0.6 is 11.3 Å². The third-order valence-corrected chi connectivity index (χ3v) is 3.69.